The standard InChI is InChI=1S/C18H23NO4/c1-4-23-18(21)16-11-7-14(8-12-16)13-5-9-15(10-6-13)17(20)19(2)22-3/h5,7-8,11-12,15H,4,6,9-10H2,1-3H3. The maximum Gasteiger partial charge on any atom is 0.338 e. The van der Waals surface area contributed by atoms with E-state index in [1.54, 1.807) is 26.1 Å². The SMILES string of the molecule is CCOC(=O)c1ccc(C2=CCC(C(=O)N(C)OC)CC2)cc1. The van der Waals surface area contributed by atoms with Gasteiger partial charge in [0.2, 0.25) is 5.91 Å². The largest absolute Gasteiger partial charge is 0.462 e. The van der Waals surface area contributed by atoms with Gasteiger partial charge >= 0.3 is 5.97 Å². The number of carbonyl (C=O) groups excluding carboxylic acids is 2. The highest BCUT2D eigenvalue weighted by atomic mass is 16.7. The van der Waals surface area contributed by atoms with E-state index in [1.165, 1.54) is 17.7 Å². The predicted molar refractivity (Wildman–Crippen MR) is 87.5 cm³/mol. The van der Waals surface area contributed by atoms with Crippen LogP contribution in [0.1, 0.15) is 42.1 Å². The quantitative estimate of drug-likeness (QED) is 0.618. The van der Waals surface area contributed by atoms with Crippen molar-refractivity contribution in [3.8, 4) is 0 Å². The number of hydrogen-bond donors (Lipinski definition) is 0. The summed E-state index contributed by atoms with van der Waals surface area (Å²) in [5.41, 5.74) is 2.86. The maximum absolute atomic E-state index is 12.1. The van der Waals surface area contributed by atoms with Crippen molar-refractivity contribution in [2.24, 2.45) is 5.92 Å². The number of hydroxylamine groups is 2. The summed E-state index contributed by atoms with van der Waals surface area (Å²) in [4.78, 5) is 28.7. The van der Waals surface area contributed by atoms with Gasteiger partial charge in [-0.1, -0.05) is 18.2 Å². The fourth-order valence-corrected chi connectivity index (χ4v) is 2.70. The van der Waals surface area contributed by atoms with Crippen LogP contribution in [0.4, 0.5) is 0 Å². The number of esters is 1. The first-order valence-electron chi connectivity index (χ1n) is 7.85. The molecule has 0 aliphatic heterocycles. The number of benzene rings is 1. The molecular formula is C18H23NO4. The molecule has 1 atom stereocenters. The van der Waals surface area contributed by atoms with Gasteiger partial charge in [-0.25, -0.2) is 9.86 Å². The number of nitrogens with zero attached hydrogens (tertiary/aromatic N) is 1. The minimum atomic E-state index is -0.301. The van der Waals surface area contributed by atoms with E-state index in [9.17, 15) is 9.59 Å². The Morgan fingerprint density at radius 3 is 2.48 bits per heavy atom. The van der Waals surface area contributed by atoms with E-state index in [0.717, 1.165) is 18.4 Å². The fourth-order valence-electron chi connectivity index (χ4n) is 2.70. The van der Waals surface area contributed by atoms with Crippen LogP contribution in [0.5, 0.6) is 0 Å². The third-order valence-electron chi connectivity index (χ3n) is 4.11. The molecule has 1 amide bonds. The minimum Gasteiger partial charge on any atom is -0.462 e. The highest BCUT2D eigenvalue weighted by Crippen LogP contribution is 2.31. The average Bonchev–Trinajstić information content (AvgIpc) is 2.61. The van der Waals surface area contributed by atoms with Gasteiger partial charge < -0.3 is 4.74 Å². The van der Waals surface area contributed by atoms with Gasteiger partial charge in [-0.2, -0.15) is 0 Å². The number of carbonyl (C=O) groups is 2. The Morgan fingerprint density at radius 1 is 1.26 bits per heavy atom. The first-order chi connectivity index (χ1) is 11.1. The summed E-state index contributed by atoms with van der Waals surface area (Å²) in [7, 11) is 3.13. The van der Waals surface area contributed by atoms with Gasteiger partial charge in [-0.05, 0) is 49.5 Å². The monoisotopic (exact) mass is 317 g/mol. The molecule has 23 heavy (non-hydrogen) atoms. The molecule has 1 unspecified atom stereocenters. The first kappa shape index (κ1) is 17.2. The van der Waals surface area contributed by atoms with Crippen molar-refractivity contribution in [2.45, 2.75) is 26.2 Å². The molecule has 0 fully saturated rings. The summed E-state index contributed by atoms with van der Waals surface area (Å²) in [6.07, 6.45) is 4.46. The molecule has 0 bridgehead atoms. The van der Waals surface area contributed by atoms with Crippen LogP contribution >= 0.6 is 0 Å². The van der Waals surface area contributed by atoms with E-state index in [0.29, 0.717) is 18.6 Å². The van der Waals surface area contributed by atoms with Gasteiger partial charge in [0.25, 0.3) is 0 Å². The van der Waals surface area contributed by atoms with Crippen molar-refractivity contribution in [3.63, 3.8) is 0 Å². The number of allylic oxidation sites excluding steroid dienone is 2. The molecule has 5 heteroatoms. The van der Waals surface area contributed by atoms with E-state index in [2.05, 4.69) is 6.08 Å². The van der Waals surface area contributed by atoms with Crippen LogP contribution in [0.3, 0.4) is 0 Å². The number of amides is 1. The number of rotatable bonds is 5. The molecule has 0 saturated heterocycles. The van der Waals surface area contributed by atoms with Crippen LogP contribution < -0.4 is 0 Å². The Labute approximate surface area is 136 Å². The Morgan fingerprint density at radius 2 is 1.96 bits per heavy atom. The predicted octanol–water partition coefficient (Wildman–Crippen LogP) is 3.07. The van der Waals surface area contributed by atoms with E-state index in [4.69, 9.17) is 9.57 Å². The maximum atomic E-state index is 12.1. The second kappa shape index (κ2) is 7.92. The van der Waals surface area contributed by atoms with Crippen molar-refractivity contribution >= 4 is 17.4 Å². The Hall–Kier alpha value is -2.14. The molecule has 0 spiro atoms. The van der Waals surface area contributed by atoms with Gasteiger partial charge in [0.05, 0.1) is 19.3 Å². The molecule has 1 aromatic carbocycles. The summed E-state index contributed by atoms with van der Waals surface area (Å²) in [5.74, 6) is -0.312. The third kappa shape index (κ3) is 4.20. The van der Waals surface area contributed by atoms with Crippen molar-refractivity contribution in [1.29, 1.82) is 0 Å². The molecule has 0 heterocycles. The Kier molecular flexibility index (Phi) is 5.93. The molecule has 124 valence electrons. The lowest BCUT2D eigenvalue weighted by molar-refractivity contribution is -0.173. The van der Waals surface area contributed by atoms with Crippen molar-refractivity contribution < 1.29 is 19.2 Å². The first-order valence-corrected chi connectivity index (χ1v) is 7.85. The van der Waals surface area contributed by atoms with Crippen LogP contribution in [0.2, 0.25) is 0 Å². The molecule has 2 rings (SSSR count). The fraction of sp³-hybridized carbons (Fsp3) is 0.444. The summed E-state index contributed by atoms with van der Waals surface area (Å²) < 4.78 is 4.98. The van der Waals surface area contributed by atoms with E-state index >= 15 is 0 Å². The number of ether oxygens (including phenoxy) is 1. The lowest BCUT2D eigenvalue weighted by Crippen LogP contribution is -2.32. The van der Waals surface area contributed by atoms with Crippen LogP contribution in [0, 0.1) is 5.92 Å². The molecule has 0 N–H and O–H groups in total. The zero-order valence-electron chi connectivity index (χ0n) is 13.9. The van der Waals surface area contributed by atoms with Crippen LogP contribution in [-0.2, 0) is 14.4 Å². The van der Waals surface area contributed by atoms with Crippen LogP contribution in [-0.4, -0.2) is 37.7 Å². The topological polar surface area (TPSA) is 55.8 Å². The average molecular weight is 317 g/mol. The Balaban J connectivity index is 2.02. The highest BCUT2D eigenvalue weighted by molar-refractivity contribution is 5.90. The summed E-state index contributed by atoms with van der Waals surface area (Å²) in [5, 5.41) is 1.29. The second-order valence-corrected chi connectivity index (χ2v) is 5.52. The lowest BCUT2D eigenvalue weighted by Gasteiger charge is -2.24. The normalized spacial score (nSPS) is 17.3. The molecule has 1 aliphatic carbocycles. The minimum absolute atomic E-state index is 0.0143. The summed E-state index contributed by atoms with van der Waals surface area (Å²) >= 11 is 0. The van der Waals surface area contributed by atoms with Gasteiger partial charge in [-0.15, -0.1) is 0 Å². The van der Waals surface area contributed by atoms with Crippen molar-refractivity contribution in [3.05, 3.63) is 41.5 Å². The van der Waals surface area contributed by atoms with Crippen LogP contribution in [0.15, 0.2) is 30.3 Å². The molecule has 1 aliphatic rings. The van der Waals surface area contributed by atoms with Gasteiger partial charge in [0, 0.05) is 13.0 Å². The molecule has 1 aromatic rings. The van der Waals surface area contributed by atoms with Gasteiger partial charge in [0.15, 0.2) is 0 Å². The summed E-state index contributed by atoms with van der Waals surface area (Å²) in [6, 6.07) is 7.43. The van der Waals surface area contributed by atoms with Crippen molar-refractivity contribution in [2.75, 3.05) is 20.8 Å². The van der Waals surface area contributed by atoms with Gasteiger partial charge in [0.1, 0.15) is 0 Å². The highest BCUT2D eigenvalue weighted by Gasteiger charge is 2.24. The van der Waals surface area contributed by atoms with E-state index in [1.807, 2.05) is 12.1 Å². The zero-order valence-corrected chi connectivity index (χ0v) is 13.9. The number of hydrogen-bond acceptors (Lipinski definition) is 4. The Bertz CT molecular complexity index is 592. The zero-order chi connectivity index (χ0) is 16.8. The molecule has 0 radical (unpaired) electrons. The molecule has 5 nitrogen and oxygen atoms in total. The van der Waals surface area contributed by atoms with E-state index in [-0.39, 0.29) is 17.8 Å². The summed E-state index contributed by atoms with van der Waals surface area (Å²) in [6.45, 7) is 2.16. The third-order valence-corrected chi connectivity index (χ3v) is 4.11. The molecule has 0 aromatic heterocycles. The smallest absolute Gasteiger partial charge is 0.338 e. The van der Waals surface area contributed by atoms with Crippen molar-refractivity contribution in [1.82, 2.24) is 5.06 Å². The molecular weight excluding hydrogens is 294 g/mol. The molecule has 0 saturated carbocycles. The van der Waals surface area contributed by atoms with Gasteiger partial charge in [-0.3, -0.25) is 9.63 Å². The lowest BCUT2D eigenvalue weighted by atomic mass is 9.86. The van der Waals surface area contributed by atoms with Crippen LogP contribution in [0.25, 0.3) is 5.57 Å². The van der Waals surface area contributed by atoms with E-state index < -0.39 is 0 Å². The second-order valence-electron chi connectivity index (χ2n) is 5.52.